The van der Waals surface area contributed by atoms with Crippen molar-refractivity contribution >= 4 is 28.8 Å². The zero-order valence-electron chi connectivity index (χ0n) is 8.88. The first-order valence-electron chi connectivity index (χ1n) is 4.95. The monoisotopic (exact) mass is 253 g/mol. The highest BCUT2D eigenvalue weighted by Gasteiger charge is 2.08. The van der Waals surface area contributed by atoms with Gasteiger partial charge in [0.25, 0.3) is 0 Å². The molecule has 0 unspecified atom stereocenters. The summed E-state index contributed by atoms with van der Waals surface area (Å²) in [5.74, 6) is 0.0980. The van der Waals surface area contributed by atoms with Crippen LogP contribution in [0.15, 0.2) is 17.7 Å². The Hall–Kier alpha value is -1.67. The SMILES string of the molecule is O=C(CSc1ncnc2nc[nH]c12)NCCO. The third-order valence-corrected chi connectivity index (χ3v) is 2.95. The van der Waals surface area contributed by atoms with Crippen LogP contribution in [0.2, 0.25) is 0 Å². The second kappa shape index (κ2) is 5.60. The molecule has 0 fully saturated rings. The van der Waals surface area contributed by atoms with E-state index < -0.39 is 0 Å². The second-order valence-corrected chi connectivity index (χ2v) is 4.11. The molecule has 3 N–H and O–H groups in total. The summed E-state index contributed by atoms with van der Waals surface area (Å²) in [6.45, 7) is 0.206. The summed E-state index contributed by atoms with van der Waals surface area (Å²) in [7, 11) is 0. The summed E-state index contributed by atoms with van der Waals surface area (Å²) in [4.78, 5) is 26.3. The molecule has 0 spiro atoms. The van der Waals surface area contributed by atoms with Crippen LogP contribution in [0.4, 0.5) is 0 Å². The average Bonchev–Trinajstić information content (AvgIpc) is 2.82. The van der Waals surface area contributed by atoms with Crippen molar-refractivity contribution in [2.24, 2.45) is 0 Å². The maximum atomic E-state index is 11.3. The normalized spacial score (nSPS) is 10.6. The molecule has 0 saturated carbocycles. The number of hydrogen-bond donors (Lipinski definition) is 3. The molecule has 17 heavy (non-hydrogen) atoms. The molecule has 0 radical (unpaired) electrons. The van der Waals surface area contributed by atoms with E-state index >= 15 is 0 Å². The van der Waals surface area contributed by atoms with Crippen LogP contribution in [0.5, 0.6) is 0 Å². The average molecular weight is 253 g/mol. The molecular formula is C9H11N5O2S. The second-order valence-electron chi connectivity index (χ2n) is 3.14. The van der Waals surface area contributed by atoms with E-state index in [-0.39, 0.29) is 24.8 Å². The van der Waals surface area contributed by atoms with Gasteiger partial charge in [-0.15, -0.1) is 0 Å². The number of aliphatic hydroxyl groups is 1. The summed E-state index contributed by atoms with van der Waals surface area (Å²) in [5.41, 5.74) is 1.31. The fourth-order valence-corrected chi connectivity index (χ4v) is 2.02. The number of H-pyrrole nitrogens is 1. The van der Waals surface area contributed by atoms with Gasteiger partial charge in [0.15, 0.2) is 5.65 Å². The van der Waals surface area contributed by atoms with Gasteiger partial charge in [0.05, 0.1) is 18.7 Å². The van der Waals surface area contributed by atoms with E-state index in [1.165, 1.54) is 24.4 Å². The van der Waals surface area contributed by atoms with Crippen molar-refractivity contribution in [1.29, 1.82) is 0 Å². The molecule has 0 aliphatic carbocycles. The minimum absolute atomic E-state index is 0.0608. The van der Waals surface area contributed by atoms with Crippen molar-refractivity contribution in [3.8, 4) is 0 Å². The standard InChI is InChI=1S/C9H11N5O2S/c15-2-1-10-6(16)3-17-9-7-8(12-4-11-7)13-5-14-9/h4-5,15H,1-3H2,(H,10,16)(H,11,12,13,14). The highest BCUT2D eigenvalue weighted by molar-refractivity contribution is 8.00. The van der Waals surface area contributed by atoms with E-state index in [4.69, 9.17) is 5.11 Å². The lowest BCUT2D eigenvalue weighted by molar-refractivity contribution is -0.118. The zero-order chi connectivity index (χ0) is 12.1. The van der Waals surface area contributed by atoms with Crippen LogP contribution in [-0.2, 0) is 4.79 Å². The largest absolute Gasteiger partial charge is 0.395 e. The maximum absolute atomic E-state index is 11.3. The Labute approximate surface area is 101 Å². The van der Waals surface area contributed by atoms with Gasteiger partial charge in [0.1, 0.15) is 16.9 Å². The number of thioether (sulfide) groups is 1. The number of carbonyl (C=O) groups excluding carboxylic acids is 1. The van der Waals surface area contributed by atoms with E-state index in [1.807, 2.05) is 0 Å². The molecule has 8 heteroatoms. The van der Waals surface area contributed by atoms with E-state index in [0.29, 0.717) is 10.7 Å². The number of rotatable bonds is 5. The number of imidazole rings is 1. The molecule has 0 saturated heterocycles. The molecule has 2 heterocycles. The first-order valence-corrected chi connectivity index (χ1v) is 5.94. The number of aliphatic hydroxyl groups excluding tert-OH is 1. The number of amides is 1. The molecule has 0 atom stereocenters. The Kier molecular flexibility index (Phi) is 3.89. The molecule has 0 aromatic carbocycles. The fourth-order valence-electron chi connectivity index (χ4n) is 1.23. The van der Waals surface area contributed by atoms with Crippen LogP contribution < -0.4 is 5.32 Å². The number of aromatic amines is 1. The van der Waals surface area contributed by atoms with Crippen molar-refractivity contribution in [2.45, 2.75) is 5.03 Å². The quantitative estimate of drug-likeness (QED) is 0.492. The van der Waals surface area contributed by atoms with E-state index in [1.54, 1.807) is 0 Å². The first kappa shape index (κ1) is 11.8. The van der Waals surface area contributed by atoms with Crippen molar-refractivity contribution in [3.05, 3.63) is 12.7 Å². The van der Waals surface area contributed by atoms with Gasteiger partial charge < -0.3 is 15.4 Å². The lowest BCUT2D eigenvalue weighted by atomic mass is 10.6. The smallest absolute Gasteiger partial charge is 0.230 e. The van der Waals surface area contributed by atoms with Gasteiger partial charge in [-0.25, -0.2) is 15.0 Å². The van der Waals surface area contributed by atoms with E-state index in [2.05, 4.69) is 25.3 Å². The highest BCUT2D eigenvalue weighted by atomic mass is 32.2. The number of nitrogens with zero attached hydrogens (tertiary/aromatic N) is 3. The molecule has 2 aromatic rings. The van der Waals surface area contributed by atoms with Crippen molar-refractivity contribution in [2.75, 3.05) is 18.9 Å². The summed E-state index contributed by atoms with van der Waals surface area (Å²) < 4.78 is 0. The van der Waals surface area contributed by atoms with Gasteiger partial charge in [-0.3, -0.25) is 4.79 Å². The number of fused-ring (bicyclic) bond motifs is 1. The summed E-state index contributed by atoms with van der Waals surface area (Å²) in [5, 5.41) is 11.8. The molecule has 90 valence electrons. The Morgan fingerprint density at radius 1 is 1.47 bits per heavy atom. The van der Waals surface area contributed by atoms with Crippen molar-refractivity contribution < 1.29 is 9.90 Å². The Morgan fingerprint density at radius 3 is 3.18 bits per heavy atom. The third-order valence-electron chi connectivity index (χ3n) is 1.96. The number of aromatic nitrogens is 4. The zero-order valence-corrected chi connectivity index (χ0v) is 9.70. The molecule has 2 aromatic heterocycles. The minimum Gasteiger partial charge on any atom is -0.395 e. The molecule has 1 amide bonds. The lowest BCUT2D eigenvalue weighted by Crippen LogP contribution is -2.27. The minimum atomic E-state index is -0.143. The molecule has 0 aliphatic rings. The number of nitrogens with one attached hydrogen (secondary N) is 2. The Morgan fingerprint density at radius 2 is 2.35 bits per heavy atom. The molecule has 7 nitrogen and oxygen atoms in total. The van der Waals surface area contributed by atoms with Crippen LogP contribution >= 0.6 is 11.8 Å². The maximum Gasteiger partial charge on any atom is 0.230 e. The molecule has 2 rings (SSSR count). The topological polar surface area (TPSA) is 104 Å². The Balaban J connectivity index is 1.99. The van der Waals surface area contributed by atoms with Crippen LogP contribution in [-0.4, -0.2) is 49.9 Å². The number of carbonyl (C=O) groups is 1. The molecule has 0 aliphatic heterocycles. The van der Waals surface area contributed by atoms with Crippen LogP contribution in [0, 0.1) is 0 Å². The highest BCUT2D eigenvalue weighted by Crippen LogP contribution is 2.21. The molecular weight excluding hydrogens is 242 g/mol. The van der Waals surface area contributed by atoms with E-state index in [0.717, 1.165) is 5.52 Å². The van der Waals surface area contributed by atoms with Gasteiger partial charge in [0.2, 0.25) is 5.91 Å². The summed E-state index contributed by atoms with van der Waals surface area (Å²) >= 11 is 1.30. The fraction of sp³-hybridized carbons (Fsp3) is 0.333. The number of hydrogen-bond acceptors (Lipinski definition) is 6. The van der Waals surface area contributed by atoms with Crippen molar-refractivity contribution in [1.82, 2.24) is 25.3 Å². The predicted octanol–water partition coefficient (Wildman–Crippen LogP) is -0.447. The van der Waals surface area contributed by atoms with E-state index in [9.17, 15) is 4.79 Å². The summed E-state index contributed by atoms with van der Waals surface area (Å²) in [6.07, 6.45) is 2.95. The van der Waals surface area contributed by atoms with Crippen LogP contribution in [0.1, 0.15) is 0 Å². The van der Waals surface area contributed by atoms with Gasteiger partial charge in [-0.2, -0.15) is 0 Å². The molecule has 0 bridgehead atoms. The van der Waals surface area contributed by atoms with Crippen LogP contribution in [0.25, 0.3) is 11.2 Å². The predicted molar refractivity (Wildman–Crippen MR) is 62.5 cm³/mol. The van der Waals surface area contributed by atoms with Crippen LogP contribution in [0.3, 0.4) is 0 Å². The van der Waals surface area contributed by atoms with Gasteiger partial charge in [-0.1, -0.05) is 11.8 Å². The first-order chi connectivity index (χ1) is 8.31. The lowest BCUT2D eigenvalue weighted by Gasteiger charge is -2.02. The summed E-state index contributed by atoms with van der Waals surface area (Å²) in [6, 6.07) is 0. The third kappa shape index (κ3) is 2.92. The van der Waals surface area contributed by atoms with Gasteiger partial charge in [-0.05, 0) is 0 Å². The Bertz CT molecular complexity index is 515. The van der Waals surface area contributed by atoms with Gasteiger partial charge >= 0.3 is 0 Å². The van der Waals surface area contributed by atoms with Gasteiger partial charge in [0, 0.05) is 6.54 Å². The van der Waals surface area contributed by atoms with Crippen molar-refractivity contribution in [3.63, 3.8) is 0 Å².